The Hall–Kier alpha value is -0.0331. The van der Waals surface area contributed by atoms with Gasteiger partial charge in [0.05, 0.1) is 9.52 Å². The third-order valence-electron chi connectivity index (χ3n) is 2.72. The second-order valence-electron chi connectivity index (χ2n) is 4.22. The van der Waals surface area contributed by atoms with Crippen molar-refractivity contribution >= 4 is 9.52 Å². The molecule has 0 aromatic carbocycles. The fourth-order valence-electron chi connectivity index (χ4n) is 1.85. The van der Waals surface area contributed by atoms with E-state index in [4.69, 9.17) is 4.74 Å². The highest BCUT2D eigenvalue weighted by molar-refractivity contribution is 6.39. The average Bonchev–Trinajstić information content (AvgIpc) is 2.02. The summed E-state index contributed by atoms with van der Waals surface area (Å²) in [6.07, 6.45) is -1.49. The molecule has 1 atom stereocenters. The largest absolute Gasteiger partial charge is 0.388 e. The van der Waals surface area contributed by atoms with Crippen LogP contribution in [0.5, 0.6) is 0 Å². The van der Waals surface area contributed by atoms with E-state index in [1.165, 1.54) is 0 Å². The molecule has 1 aliphatic rings. The van der Waals surface area contributed by atoms with Crippen molar-refractivity contribution in [3.8, 4) is 0 Å². The van der Waals surface area contributed by atoms with Crippen LogP contribution in [0.25, 0.3) is 0 Å². The van der Waals surface area contributed by atoms with Crippen molar-refractivity contribution in [2.75, 3.05) is 6.61 Å². The van der Waals surface area contributed by atoms with Gasteiger partial charge >= 0.3 is 6.18 Å². The number of ether oxygens (including phenoxy) is 1. The van der Waals surface area contributed by atoms with Gasteiger partial charge in [-0.2, -0.15) is 13.2 Å². The molecule has 1 heterocycles. The van der Waals surface area contributed by atoms with Crippen molar-refractivity contribution in [2.24, 2.45) is 0 Å². The highest BCUT2D eigenvalue weighted by Gasteiger charge is 2.31. The van der Waals surface area contributed by atoms with Gasteiger partial charge in [0.15, 0.2) is 0 Å². The van der Waals surface area contributed by atoms with E-state index in [0.29, 0.717) is 6.04 Å². The first kappa shape index (κ1) is 12.0. The van der Waals surface area contributed by atoms with Crippen LogP contribution in [0.4, 0.5) is 13.2 Å². The highest BCUT2D eigenvalue weighted by atomic mass is 28.2. The van der Waals surface area contributed by atoms with Gasteiger partial charge in [0.2, 0.25) is 0 Å². The van der Waals surface area contributed by atoms with E-state index in [2.05, 4.69) is 0 Å². The lowest BCUT2D eigenvalue weighted by atomic mass is 10.1. The van der Waals surface area contributed by atoms with Crippen molar-refractivity contribution in [1.82, 2.24) is 0 Å². The number of alkyl halides is 3. The van der Waals surface area contributed by atoms with Crippen LogP contribution in [0.1, 0.15) is 32.6 Å². The molecule has 0 radical (unpaired) electrons. The third kappa shape index (κ3) is 4.46. The van der Waals surface area contributed by atoms with Gasteiger partial charge in [0.1, 0.15) is 0 Å². The summed E-state index contributed by atoms with van der Waals surface area (Å²) in [5.74, 6) is 0. The zero-order valence-electron chi connectivity index (χ0n) is 8.49. The summed E-state index contributed by atoms with van der Waals surface area (Å²) < 4.78 is 41.3. The molecule has 14 heavy (non-hydrogen) atoms. The van der Waals surface area contributed by atoms with Crippen LogP contribution >= 0.6 is 0 Å². The molecule has 1 saturated heterocycles. The van der Waals surface area contributed by atoms with E-state index in [0.717, 1.165) is 25.9 Å². The summed E-state index contributed by atoms with van der Waals surface area (Å²) in [4.78, 5) is 0. The average molecular weight is 226 g/mol. The SMILES string of the molecule is CC1([SiH2]CCC(F)(F)F)CCCCO1. The second-order valence-corrected chi connectivity index (χ2v) is 6.93. The molecule has 1 unspecified atom stereocenters. The molecule has 0 saturated carbocycles. The topological polar surface area (TPSA) is 9.23 Å². The summed E-state index contributed by atoms with van der Waals surface area (Å²) in [7, 11) is -0.753. The molecule has 1 rings (SSSR count). The molecule has 0 aliphatic carbocycles. The van der Waals surface area contributed by atoms with Crippen LogP contribution in [0, 0.1) is 0 Å². The molecule has 0 aromatic rings. The summed E-state index contributed by atoms with van der Waals surface area (Å²) in [5.41, 5.74) is 0. The Bertz CT molecular complexity index is 175. The lowest BCUT2D eigenvalue weighted by Crippen LogP contribution is -2.39. The Morgan fingerprint density at radius 3 is 2.57 bits per heavy atom. The highest BCUT2D eigenvalue weighted by Crippen LogP contribution is 2.27. The Morgan fingerprint density at radius 2 is 2.07 bits per heavy atom. The molecule has 1 fully saturated rings. The zero-order valence-corrected chi connectivity index (χ0v) is 9.91. The van der Waals surface area contributed by atoms with Crippen LogP contribution in [0.15, 0.2) is 0 Å². The van der Waals surface area contributed by atoms with E-state index in [1.807, 2.05) is 6.92 Å². The maximum atomic E-state index is 11.9. The smallest absolute Gasteiger partial charge is 0.379 e. The third-order valence-corrected chi connectivity index (χ3v) is 5.04. The normalized spacial score (nSPS) is 30.0. The molecule has 0 amide bonds. The summed E-state index contributed by atoms with van der Waals surface area (Å²) >= 11 is 0. The molecule has 0 aromatic heterocycles. The summed E-state index contributed by atoms with van der Waals surface area (Å²) in [6, 6.07) is 0.319. The Morgan fingerprint density at radius 1 is 1.36 bits per heavy atom. The Kier molecular flexibility index (Phi) is 4.01. The predicted molar refractivity (Wildman–Crippen MR) is 52.2 cm³/mol. The van der Waals surface area contributed by atoms with Gasteiger partial charge in [0.25, 0.3) is 0 Å². The molecule has 0 bridgehead atoms. The Balaban J connectivity index is 2.22. The van der Waals surface area contributed by atoms with Gasteiger partial charge in [-0.15, -0.1) is 0 Å². The minimum absolute atomic E-state index is 0.163. The van der Waals surface area contributed by atoms with Crippen molar-refractivity contribution in [3.05, 3.63) is 0 Å². The van der Waals surface area contributed by atoms with Crippen LogP contribution in [0.3, 0.4) is 0 Å². The molecule has 1 nitrogen and oxygen atoms in total. The molecular weight excluding hydrogens is 209 g/mol. The molecule has 84 valence electrons. The number of rotatable bonds is 3. The van der Waals surface area contributed by atoms with Crippen molar-refractivity contribution in [1.29, 1.82) is 0 Å². The fourth-order valence-corrected chi connectivity index (χ4v) is 3.97. The molecule has 5 heteroatoms. The van der Waals surface area contributed by atoms with Gasteiger partial charge < -0.3 is 4.74 Å². The van der Waals surface area contributed by atoms with Crippen molar-refractivity contribution in [3.63, 3.8) is 0 Å². The first-order chi connectivity index (χ1) is 6.41. The number of hydrogen-bond donors (Lipinski definition) is 0. The van der Waals surface area contributed by atoms with Gasteiger partial charge in [-0.05, 0) is 26.2 Å². The van der Waals surface area contributed by atoms with Crippen LogP contribution in [0.2, 0.25) is 6.04 Å². The molecule has 1 aliphatic heterocycles. The van der Waals surface area contributed by atoms with Gasteiger partial charge in [-0.1, -0.05) is 6.04 Å². The van der Waals surface area contributed by atoms with Crippen LogP contribution < -0.4 is 0 Å². The molecular formula is C9H17F3OSi. The van der Waals surface area contributed by atoms with E-state index in [9.17, 15) is 13.2 Å². The van der Waals surface area contributed by atoms with Crippen LogP contribution in [-0.2, 0) is 4.74 Å². The maximum absolute atomic E-state index is 11.9. The number of halogens is 3. The monoisotopic (exact) mass is 226 g/mol. The quantitative estimate of drug-likeness (QED) is 0.672. The molecule has 0 N–H and O–H groups in total. The van der Waals surface area contributed by atoms with Crippen LogP contribution in [-0.4, -0.2) is 27.5 Å². The maximum Gasteiger partial charge on any atom is 0.388 e. The fraction of sp³-hybridized carbons (Fsp3) is 1.00. The predicted octanol–water partition coefficient (Wildman–Crippen LogP) is 2.44. The van der Waals surface area contributed by atoms with Crippen molar-refractivity contribution in [2.45, 2.75) is 50.1 Å². The first-order valence-electron chi connectivity index (χ1n) is 5.12. The van der Waals surface area contributed by atoms with E-state index >= 15 is 0 Å². The van der Waals surface area contributed by atoms with Gasteiger partial charge in [-0.25, -0.2) is 0 Å². The van der Waals surface area contributed by atoms with Gasteiger partial charge in [0, 0.05) is 18.3 Å². The lowest BCUT2D eigenvalue weighted by Gasteiger charge is -2.33. The Labute approximate surface area is 84.8 Å². The summed E-state index contributed by atoms with van der Waals surface area (Å²) in [6.45, 7) is 2.71. The van der Waals surface area contributed by atoms with E-state index in [-0.39, 0.29) is 5.22 Å². The van der Waals surface area contributed by atoms with Gasteiger partial charge in [-0.3, -0.25) is 0 Å². The standard InChI is InChI=1S/C9H17F3OSi/c1-8(4-2-3-6-13-8)14-7-5-9(10,11)12/h2-7,14H2,1H3. The first-order valence-corrected chi connectivity index (χ1v) is 6.83. The number of hydrogen-bond acceptors (Lipinski definition) is 1. The second kappa shape index (κ2) is 4.66. The van der Waals surface area contributed by atoms with E-state index < -0.39 is 22.1 Å². The molecule has 0 spiro atoms. The van der Waals surface area contributed by atoms with E-state index in [1.54, 1.807) is 0 Å². The van der Waals surface area contributed by atoms with Crippen molar-refractivity contribution < 1.29 is 17.9 Å². The summed E-state index contributed by atoms with van der Waals surface area (Å²) in [5, 5.41) is -0.163. The zero-order chi connectivity index (χ0) is 10.7. The minimum atomic E-state index is -3.99. The minimum Gasteiger partial charge on any atom is -0.379 e. The lowest BCUT2D eigenvalue weighted by molar-refractivity contribution is -0.130.